The van der Waals surface area contributed by atoms with E-state index >= 15 is 0 Å². The molecule has 0 amide bonds. The van der Waals surface area contributed by atoms with Crippen molar-refractivity contribution in [3.63, 3.8) is 0 Å². The van der Waals surface area contributed by atoms with Gasteiger partial charge >= 0.3 is 5.97 Å². The second kappa shape index (κ2) is 8.45. The summed E-state index contributed by atoms with van der Waals surface area (Å²) in [5, 5.41) is 3.21. The van der Waals surface area contributed by atoms with E-state index in [2.05, 4.69) is 17.3 Å². The fourth-order valence-corrected chi connectivity index (χ4v) is 2.37. The zero-order valence-electron chi connectivity index (χ0n) is 11.7. The Morgan fingerprint density at radius 1 is 1.50 bits per heavy atom. The van der Waals surface area contributed by atoms with Crippen molar-refractivity contribution in [2.24, 2.45) is 5.73 Å². The Bertz CT molecular complexity index is 242. The Balaban J connectivity index is 2.05. The zero-order valence-corrected chi connectivity index (χ0v) is 11.7. The van der Waals surface area contributed by atoms with Gasteiger partial charge in [0.05, 0.1) is 6.61 Å². The molecule has 0 heterocycles. The van der Waals surface area contributed by atoms with Crippen LogP contribution in [0.15, 0.2) is 0 Å². The number of carbonyl (C=O) groups excluding carboxylic acids is 1. The molecule has 0 spiro atoms. The third-order valence-corrected chi connectivity index (χ3v) is 3.54. The highest BCUT2D eigenvalue weighted by molar-refractivity contribution is 5.75. The van der Waals surface area contributed by atoms with Gasteiger partial charge in [0.15, 0.2) is 0 Å². The lowest BCUT2D eigenvalue weighted by Gasteiger charge is -2.24. The number of likely N-dealkylation sites (N-methyl/N-ethyl adjacent to an activating group) is 1. The van der Waals surface area contributed by atoms with E-state index in [4.69, 9.17) is 10.5 Å². The van der Waals surface area contributed by atoms with Crippen LogP contribution in [0.3, 0.4) is 0 Å². The predicted octanol–water partition coefficient (Wildman–Crippen LogP) is 0.341. The van der Waals surface area contributed by atoms with Gasteiger partial charge in [0.25, 0.3) is 0 Å². The fraction of sp³-hybridized carbons (Fsp3) is 0.923. The van der Waals surface area contributed by atoms with Gasteiger partial charge in [-0.15, -0.1) is 0 Å². The minimum atomic E-state index is -0.554. The van der Waals surface area contributed by atoms with Crippen molar-refractivity contribution < 1.29 is 9.53 Å². The molecule has 1 atom stereocenters. The van der Waals surface area contributed by atoms with Crippen LogP contribution in [0, 0.1) is 0 Å². The van der Waals surface area contributed by atoms with Crippen LogP contribution in [-0.4, -0.2) is 56.2 Å². The Labute approximate surface area is 110 Å². The maximum Gasteiger partial charge on any atom is 0.324 e. The fourth-order valence-electron chi connectivity index (χ4n) is 2.37. The van der Waals surface area contributed by atoms with Crippen LogP contribution in [0.1, 0.15) is 32.6 Å². The normalized spacial score (nSPS) is 18.2. The summed E-state index contributed by atoms with van der Waals surface area (Å²) in [5.41, 5.74) is 5.69. The van der Waals surface area contributed by atoms with Crippen molar-refractivity contribution in [3.05, 3.63) is 0 Å². The molecule has 18 heavy (non-hydrogen) atoms. The number of nitrogens with one attached hydrogen (secondary N) is 1. The second-order valence-corrected chi connectivity index (χ2v) is 4.98. The molecule has 1 unspecified atom stereocenters. The van der Waals surface area contributed by atoms with Gasteiger partial charge in [-0.2, -0.15) is 0 Å². The predicted molar refractivity (Wildman–Crippen MR) is 72.4 cm³/mol. The molecule has 1 rings (SSSR count). The van der Waals surface area contributed by atoms with Crippen molar-refractivity contribution in [3.8, 4) is 0 Å². The molecular weight excluding hydrogens is 230 g/mol. The van der Waals surface area contributed by atoms with Crippen LogP contribution < -0.4 is 11.1 Å². The summed E-state index contributed by atoms with van der Waals surface area (Å²) in [4.78, 5) is 13.7. The number of hydrogen-bond donors (Lipinski definition) is 2. The van der Waals surface area contributed by atoms with E-state index in [1.54, 1.807) is 6.92 Å². The standard InChI is InChI=1S/C13H27N3O2/c1-3-18-13(17)12(14)10-15-8-9-16(2)11-6-4-5-7-11/h11-12,15H,3-10,14H2,1-2H3. The van der Waals surface area contributed by atoms with E-state index in [9.17, 15) is 4.79 Å². The summed E-state index contributed by atoms with van der Waals surface area (Å²) < 4.78 is 4.85. The first-order chi connectivity index (χ1) is 8.65. The van der Waals surface area contributed by atoms with Gasteiger partial charge in [0, 0.05) is 25.7 Å². The SMILES string of the molecule is CCOC(=O)C(N)CNCCN(C)C1CCCC1. The van der Waals surface area contributed by atoms with Crippen LogP contribution in [0.4, 0.5) is 0 Å². The molecule has 1 aliphatic rings. The summed E-state index contributed by atoms with van der Waals surface area (Å²) in [6.45, 7) is 4.52. The van der Waals surface area contributed by atoms with Gasteiger partial charge in [-0.05, 0) is 26.8 Å². The molecule has 0 bridgehead atoms. The summed E-state index contributed by atoms with van der Waals surface area (Å²) in [5.74, 6) is -0.325. The Hall–Kier alpha value is -0.650. The topological polar surface area (TPSA) is 67.6 Å². The van der Waals surface area contributed by atoms with Gasteiger partial charge in [-0.3, -0.25) is 4.79 Å². The number of ether oxygens (including phenoxy) is 1. The van der Waals surface area contributed by atoms with E-state index in [0.717, 1.165) is 19.1 Å². The smallest absolute Gasteiger partial charge is 0.324 e. The minimum absolute atomic E-state index is 0.325. The van der Waals surface area contributed by atoms with Crippen molar-refractivity contribution in [1.29, 1.82) is 0 Å². The van der Waals surface area contributed by atoms with Crippen LogP contribution in [-0.2, 0) is 9.53 Å². The molecule has 1 fully saturated rings. The number of esters is 1. The average Bonchev–Trinajstić information content (AvgIpc) is 2.88. The van der Waals surface area contributed by atoms with E-state index in [1.807, 2.05) is 0 Å². The monoisotopic (exact) mass is 257 g/mol. The highest BCUT2D eigenvalue weighted by Crippen LogP contribution is 2.21. The van der Waals surface area contributed by atoms with Gasteiger partial charge in [0.2, 0.25) is 0 Å². The highest BCUT2D eigenvalue weighted by atomic mass is 16.5. The van der Waals surface area contributed by atoms with Crippen molar-refractivity contribution >= 4 is 5.97 Å². The van der Waals surface area contributed by atoms with Gasteiger partial charge < -0.3 is 20.7 Å². The molecule has 0 aromatic rings. The van der Waals surface area contributed by atoms with Gasteiger partial charge in [0.1, 0.15) is 6.04 Å². The number of hydrogen-bond acceptors (Lipinski definition) is 5. The summed E-state index contributed by atoms with van der Waals surface area (Å²) in [7, 11) is 2.17. The molecule has 0 aromatic heterocycles. The minimum Gasteiger partial charge on any atom is -0.465 e. The first-order valence-corrected chi connectivity index (χ1v) is 6.98. The zero-order chi connectivity index (χ0) is 13.4. The Morgan fingerprint density at radius 2 is 2.17 bits per heavy atom. The molecule has 0 saturated heterocycles. The molecule has 1 aliphatic carbocycles. The largest absolute Gasteiger partial charge is 0.465 e. The maximum atomic E-state index is 11.3. The molecule has 1 saturated carbocycles. The first kappa shape index (κ1) is 15.4. The van der Waals surface area contributed by atoms with Crippen molar-refractivity contribution in [1.82, 2.24) is 10.2 Å². The number of rotatable bonds is 8. The molecule has 0 radical (unpaired) electrons. The summed E-state index contributed by atoms with van der Waals surface area (Å²) in [6.07, 6.45) is 5.35. The second-order valence-electron chi connectivity index (χ2n) is 4.98. The quantitative estimate of drug-likeness (QED) is 0.485. The third-order valence-electron chi connectivity index (χ3n) is 3.54. The van der Waals surface area contributed by atoms with E-state index in [1.165, 1.54) is 25.7 Å². The van der Waals surface area contributed by atoms with Crippen LogP contribution in [0.5, 0.6) is 0 Å². The maximum absolute atomic E-state index is 11.3. The molecule has 0 aromatic carbocycles. The Morgan fingerprint density at radius 3 is 2.78 bits per heavy atom. The molecular formula is C13H27N3O2. The van der Waals surface area contributed by atoms with Gasteiger partial charge in [-0.1, -0.05) is 12.8 Å². The lowest BCUT2D eigenvalue weighted by Crippen LogP contribution is -2.44. The van der Waals surface area contributed by atoms with Crippen LogP contribution in [0.25, 0.3) is 0 Å². The van der Waals surface area contributed by atoms with Crippen LogP contribution >= 0.6 is 0 Å². The lowest BCUT2D eigenvalue weighted by molar-refractivity contribution is -0.144. The van der Waals surface area contributed by atoms with E-state index in [0.29, 0.717) is 13.2 Å². The van der Waals surface area contributed by atoms with E-state index in [-0.39, 0.29) is 5.97 Å². The molecule has 5 nitrogen and oxygen atoms in total. The lowest BCUT2D eigenvalue weighted by atomic mass is 10.2. The summed E-state index contributed by atoms with van der Waals surface area (Å²) >= 11 is 0. The van der Waals surface area contributed by atoms with Crippen molar-refractivity contribution in [2.75, 3.05) is 33.3 Å². The average molecular weight is 257 g/mol. The number of carbonyl (C=O) groups is 1. The summed E-state index contributed by atoms with van der Waals surface area (Å²) in [6, 6.07) is 0.187. The highest BCUT2D eigenvalue weighted by Gasteiger charge is 2.19. The third kappa shape index (κ3) is 5.33. The van der Waals surface area contributed by atoms with Crippen molar-refractivity contribution in [2.45, 2.75) is 44.7 Å². The van der Waals surface area contributed by atoms with Crippen LogP contribution in [0.2, 0.25) is 0 Å². The molecule has 3 N–H and O–H groups in total. The van der Waals surface area contributed by atoms with Gasteiger partial charge in [-0.25, -0.2) is 0 Å². The van der Waals surface area contributed by atoms with E-state index < -0.39 is 6.04 Å². The number of nitrogens with zero attached hydrogens (tertiary/aromatic N) is 1. The molecule has 5 heteroatoms. The first-order valence-electron chi connectivity index (χ1n) is 6.98. The molecule has 0 aliphatic heterocycles. The molecule has 106 valence electrons. The number of nitrogens with two attached hydrogens (primary N) is 1. The Kier molecular flexibility index (Phi) is 7.23.